The standard InChI is InChI=1S/C11H22O6S2/c1-2-18(14,15)6-4-11(8-12,9-13)10-3-5-19(16,17)7-10/h10,12-13H,2-9H2,1H3. The Morgan fingerprint density at radius 2 is 1.84 bits per heavy atom. The maximum absolute atomic E-state index is 11.5. The predicted molar refractivity (Wildman–Crippen MR) is 72.3 cm³/mol. The highest BCUT2D eigenvalue weighted by Crippen LogP contribution is 2.38. The first-order chi connectivity index (χ1) is 8.70. The summed E-state index contributed by atoms with van der Waals surface area (Å²) in [5.74, 6) is -0.552. The second-order valence-corrected chi connectivity index (χ2v) is 9.97. The Balaban J connectivity index is 2.86. The third-order valence-electron chi connectivity index (χ3n) is 4.08. The van der Waals surface area contributed by atoms with E-state index in [4.69, 9.17) is 0 Å². The highest BCUT2D eigenvalue weighted by molar-refractivity contribution is 7.91. The minimum Gasteiger partial charge on any atom is -0.396 e. The van der Waals surface area contributed by atoms with Gasteiger partial charge in [-0.15, -0.1) is 0 Å². The Bertz CT molecular complexity index is 489. The van der Waals surface area contributed by atoms with E-state index in [0.29, 0.717) is 6.42 Å². The van der Waals surface area contributed by atoms with Gasteiger partial charge in [0.25, 0.3) is 0 Å². The molecule has 2 N–H and O–H groups in total. The molecule has 8 heteroatoms. The molecule has 1 aliphatic heterocycles. The molecule has 114 valence electrons. The van der Waals surface area contributed by atoms with Crippen molar-refractivity contribution in [1.29, 1.82) is 0 Å². The van der Waals surface area contributed by atoms with Crippen molar-refractivity contribution < 1.29 is 27.0 Å². The van der Waals surface area contributed by atoms with Crippen molar-refractivity contribution in [2.24, 2.45) is 11.3 Å². The molecule has 1 unspecified atom stereocenters. The van der Waals surface area contributed by atoms with Crippen molar-refractivity contribution in [2.75, 3.05) is 36.2 Å². The molecule has 19 heavy (non-hydrogen) atoms. The molecule has 0 spiro atoms. The van der Waals surface area contributed by atoms with Crippen molar-refractivity contribution >= 4 is 19.7 Å². The van der Waals surface area contributed by atoms with Gasteiger partial charge in [-0.1, -0.05) is 6.92 Å². The summed E-state index contributed by atoms with van der Waals surface area (Å²) in [5.41, 5.74) is -1.02. The van der Waals surface area contributed by atoms with Crippen molar-refractivity contribution in [1.82, 2.24) is 0 Å². The number of hydrogen-bond donors (Lipinski definition) is 2. The van der Waals surface area contributed by atoms with Crippen LogP contribution in [-0.2, 0) is 19.7 Å². The van der Waals surface area contributed by atoms with Crippen LogP contribution < -0.4 is 0 Å². The maximum Gasteiger partial charge on any atom is 0.150 e. The van der Waals surface area contributed by atoms with Gasteiger partial charge in [-0.3, -0.25) is 0 Å². The molecule has 0 radical (unpaired) electrons. The van der Waals surface area contributed by atoms with Gasteiger partial charge >= 0.3 is 0 Å². The van der Waals surface area contributed by atoms with Gasteiger partial charge in [0, 0.05) is 11.2 Å². The van der Waals surface area contributed by atoms with Crippen LogP contribution in [-0.4, -0.2) is 63.3 Å². The predicted octanol–water partition coefficient (Wildman–Crippen LogP) is -0.783. The fraction of sp³-hybridized carbons (Fsp3) is 1.00. The van der Waals surface area contributed by atoms with Crippen LogP contribution >= 0.6 is 0 Å². The second-order valence-electron chi connectivity index (χ2n) is 5.26. The van der Waals surface area contributed by atoms with Crippen molar-refractivity contribution in [3.8, 4) is 0 Å². The fourth-order valence-corrected chi connectivity index (χ4v) is 5.40. The molecule has 0 saturated carbocycles. The van der Waals surface area contributed by atoms with Gasteiger partial charge in [-0.25, -0.2) is 16.8 Å². The first-order valence-corrected chi connectivity index (χ1v) is 9.97. The Kier molecular flexibility index (Phi) is 5.39. The summed E-state index contributed by atoms with van der Waals surface area (Å²) in [6.45, 7) is 0.737. The van der Waals surface area contributed by atoms with E-state index in [2.05, 4.69) is 0 Å². The summed E-state index contributed by atoms with van der Waals surface area (Å²) in [5, 5.41) is 19.1. The van der Waals surface area contributed by atoms with Crippen LogP contribution in [0, 0.1) is 11.3 Å². The molecular formula is C11H22O6S2. The van der Waals surface area contributed by atoms with E-state index in [1.54, 1.807) is 0 Å². The molecule has 1 rings (SSSR count). The summed E-state index contributed by atoms with van der Waals surface area (Å²) in [6.07, 6.45) is 0.464. The number of aliphatic hydroxyl groups excluding tert-OH is 2. The van der Waals surface area contributed by atoms with Crippen LogP contribution in [0.1, 0.15) is 19.8 Å². The summed E-state index contributed by atoms with van der Waals surface area (Å²) < 4.78 is 46.1. The quantitative estimate of drug-likeness (QED) is 0.638. The molecule has 1 heterocycles. The largest absolute Gasteiger partial charge is 0.396 e. The molecule has 0 bridgehead atoms. The zero-order valence-electron chi connectivity index (χ0n) is 11.1. The third kappa shape index (κ3) is 4.14. The topological polar surface area (TPSA) is 109 Å². The van der Waals surface area contributed by atoms with E-state index in [9.17, 15) is 27.0 Å². The van der Waals surface area contributed by atoms with E-state index in [1.165, 1.54) is 6.92 Å². The lowest BCUT2D eigenvalue weighted by Gasteiger charge is -2.35. The van der Waals surface area contributed by atoms with E-state index in [-0.39, 0.29) is 35.4 Å². The Hall–Kier alpha value is -0.180. The van der Waals surface area contributed by atoms with Crippen LogP contribution in [0.3, 0.4) is 0 Å². The first-order valence-electron chi connectivity index (χ1n) is 6.33. The number of hydrogen-bond acceptors (Lipinski definition) is 6. The third-order valence-corrected chi connectivity index (χ3v) is 7.55. The summed E-state index contributed by atoms with van der Waals surface area (Å²) >= 11 is 0. The number of rotatable bonds is 7. The molecule has 1 saturated heterocycles. The van der Waals surface area contributed by atoms with Gasteiger partial charge in [-0.05, 0) is 18.8 Å². The first kappa shape index (κ1) is 16.9. The molecule has 0 amide bonds. The smallest absolute Gasteiger partial charge is 0.150 e. The highest BCUT2D eigenvalue weighted by Gasteiger charge is 2.44. The number of sulfone groups is 2. The molecular weight excluding hydrogens is 292 g/mol. The normalized spacial score (nSPS) is 23.6. The lowest BCUT2D eigenvalue weighted by molar-refractivity contribution is 0.00976. The lowest BCUT2D eigenvalue weighted by atomic mass is 9.74. The molecule has 1 atom stereocenters. The molecule has 1 fully saturated rings. The minimum atomic E-state index is -3.20. The SMILES string of the molecule is CCS(=O)(=O)CCC(CO)(CO)C1CCS(=O)(=O)C1. The van der Waals surface area contributed by atoms with E-state index >= 15 is 0 Å². The van der Waals surface area contributed by atoms with E-state index in [1.807, 2.05) is 0 Å². The van der Waals surface area contributed by atoms with Crippen molar-refractivity contribution in [2.45, 2.75) is 19.8 Å². The van der Waals surface area contributed by atoms with Crippen LogP contribution in [0.2, 0.25) is 0 Å². The average Bonchev–Trinajstić information content (AvgIpc) is 2.72. The van der Waals surface area contributed by atoms with Crippen LogP contribution in [0.5, 0.6) is 0 Å². The Labute approximate surface area is 114 Å². The lowest BCUT2D eigenvalue weighted by Crippen LogP contribution is -2.40. The molecule has 1 aliphatic rings. The van der Waals surface area contributed by atoms with Gasteiger partial charge in [0.2, 0.25) is 0 Å². The number of aliphatic hydroxyl groups is 2. The summed E-state index contributed by atoms with van der Waals surface area (Å²) in [4.78, 5) is 0. The monoisotopic (exact) mass is 314 g/mol. The van der Waals surface area contributed by atoms with Crippen LogP contribution in [0.25, 0.3) is 0 Å². The van der Waals surface area contributed by atoms with E-state index < -0.39 is 38.3 Å². The van der Waals surface area contributed by atoms with Crippen molar-refractivity contribution in [3.63, 3.8) is 0 Å². The van der Waals surface area contributed by atoms with Gasteiger partial charge in [0.1, 0.15) is 9.84 Å². The minimum absolute atomic E-state index is 0.00288. The maximum atomic E-state index is 11.5. The fourth-order valence-electron chi connectivity index (χ4n) is 2.45. The van der Waals surface area contributed by atoms with Crippen LogP contribution in [0.15, 0.2) is 0 Å². The van der Waals surface area contributed by atoms with Gasteiger partial charge in [0.15, 0.2) is 9.84 Å². The highest BCUT2D eigenvalue weighted by atomic mass is 32.2. The summed E-state index contributed by atoms with van der Waals surface area (Å²) in [7, 11) is -6.33. The van der Waals surface area contributed by atoms with Crippen LogP contribution in [0.4, 0.5) is 0 Å². The molecule has 0 aliphatic carbocycles. The Morgan fingerprint density at radius 3 is 2.21 bits per heavy atom. The molecule has 0 aromatic heterocycles. The average molecular weight is 314 g/mol. The molecule has 6 nitrogen and oxygen atoms in total. The molecule has 0 aromatic rings. The molecule has 0 aromatic carbocycles. The van der Waals surface area contributed by atoms with Gasteiger partial charge < -0.3 is 10.2 Å². The summed E-state index contributed by atoms with van der Waals surface area (Å²) in [6, 6.07) is 0. The zero-order chi connectivity index (χ0) is 14.7. The zero-order valence-corrected chi connectivity index (χ0v) is 12.7. The van der Waals surface area contributed by atoms with E-state index in [0.717, 1.165) is 0 Å². The van der Waals surface area contributed by atoms with Crippen molar-refractivity contribution in [3.05, 3.63) is 0 Å². The Morgan fingerprint density at radius 1 is 1.26 bits per heavy atom. The second kappa shape index (κ2) is 6.07. The van der Waals surface area contributed by atoms with Gasteiger partial charge in [0.05, 0.1) is 30.5 Å². The van der Waals surface area contributed by atoms with Gasteiger partial charge in [-0.2, -0.15) is 0 Å².